The minimum absolute atomic E-state index is 0.0351. The number of hydrogen-bond acceptors (Lipinski definition) is 11. The number of allylic oxidation sites excluding steroid dienone is 1. The van der Waals surface area contributed by atoms with Crippen molar-refractivity contribution < 1.29 is 48.3 Å². The van der Waals surface area contributed by atoms with Gasteiger partial charge in [-0.3, -0.25) is 4.79 Å². The molecule has 12 heteroatoms. The summed E-state index contributed by atoms with van der Waals surface area (Å²) in [5, 5.41) is 24.6. The third kappa shape index (κ3) is 10.2. The first-order valence-electron chi connectivity index (χ1n) is 20.6. The molecule has 6 unspecified atom stereocenters. The Balaban J connectivity index is 1.75. The highest BCUT2D eigenvalue weighted by Crippen LogP contribution is 2.62. The average Bonchev–Trinajstić information content (AvgIpc) is 3.18. The van der Waals surface area contributed by atoms with Crippen molar-refractivity contribution in [2.24, 2.45) is 28.3 Å². The van der Waals surface area contributed by atoms with Crippen LogP contribution in [0, 0.1) is 23.2 Å². The third-order valence-electron chi connectivity index (χ3n) is 11.0. The first-order chi connectivity index (χ1) is 27.6. The number of aliphatic hydroxyl groups is 2. The molecule has 0 spiro atoms. The Morgan fingerprint density at radius 2 is 1.71 bits per heavy atom. The summed E-state index contributed by atoms with van der Waals surface area (Å²) < 4.78 is 31.8. The third-order valence-corrected chi connectivity index (χ3v) is 11.0. The van der Waals surface area contributed by atoms with Crippen molar-refractivity contribution in [3.05, 3.63) is 71.8 Å². The maximum absolute atomic E-state index is 14.0. The normalized spacial score (nSPS) is 24.4. The van der Waals surface area contributed by atoms with Crippen molar-refractivity contribution in [2.45, 2.75) is 110 Å². The summed E-state index contributed by atoms with van der Waals surface area (Å²) in [6.45, 7) is 16.4. The van der Waals surface area contributed by atoms with Gasteiger partial charge in [0.2, 0.25) is 5.79 Å². The molecule has 0 bridgehead atoms. The van der Waals surface area contributed by atoms with Crippen molar-refractivity contribution in [2.75, 3.05) is 40.6 Å². The van der Waals surface area contributed by atoms with Gasteiger partial charge in [-0.2, -0.15) is 0 Å². The van der Waals surface area contributed by atoms with Crippen molar-refractivity contribution >= 4 is 18.1 Å². The molecule has 1 aliphatic heterocycles. The van der Waals surface area contributed by atoms with E-state index in [1.54, 1.807) is 36.2 Å². The Labute approximate surface area is 344 Å². The fraction of sp³-hybridized carbons (Fsp3) is 0.587. The number of methoxy groups -OCH3 is 1. The summed E-state index contributed by atoms with van der Waals surface area (Å²) in [6, 6.07) is 10.1. The van der Waals surface area contributed by atoms with E-state index in [-0.39, 0.29) is 56.0 Å². The van der Waals surface area contributed by atoms with E-state index in [0.717, 1.165) is 43.1 Å². The number of fused-ring (bicyclic) bond motifs is 2. The van der Waals surface area contributed by atoms with Gasteiger partial charge in [0, 0.05) is 38.2 Å². The molecule has 0 radical (unpaired) electrons. The van der Waals surface area contributed by atoms with Gasteiger partial charge < -0.3 is 43.6 Å². The number of benzene rings is 2. The molecule has 2 aromatic rings. The van der Waals surface area contributed by atoms with Crippen LogP contribution in [0.1, 0.15) is 108 Å². The molecule has 6 atom stereocenters. The van der Waals surface area contributed by atoms with Crippen molar-refractivity contribution in [3.8, 4) is 23.0 Å². The SMILES string of the molecule is C=CCOC12Oc3ccc(Oc4ccc(OC)c(C=O)c4)cc3C3C(CCCCO)C(CCCCO)C=C(C(=NOC(C)(C)C)CC1N(C)C(=O)OCC(C)(C)C)C32. The van der Waals surface area contributed by atoms with Crippen molar-refractivity contribution in [3.63, 3.8) is 0 Å². The quantitative estimate of drug-likeness (QED) is 0.0649. The maximum atomic E-state index is 14.0. The number of unbranched alkanes of at least 4 members (excludes halogenated alkanes) is 2. The fourth-order valence-corrected chi connectivity index (χ4v) is 8.49. The average molecular weight is 805 g/mol. The highest BCUT2D eigenvalue weighted by molar-refractivity contribution is 6.03. The minimum atomic E-state index is -1.41. The molecule has 318 valence electrons. The summed E-state index contributed by atoms with van der Waals surface area (Å²) in [5.41, 5.74) is 2.05. The smallest absolute Gasteiger partial charge is 0.410 e. The number of likely N-dealkylation sites (N-methyl/N-ethyl adjacent to an activating group) is 1. The van der Waals surface area contributed by atoms with Gasteiger partial charge in [-0.15, -0.1) is 6.58 Å². The van der Waals surface area contributed by atoms with Crippen LogP contribution in [0.3, 0.4) is 0 Å². The first kappa shape index (κ1) is 44.7. The van der Waals surface area contributed by atoms with Crippen molar-refractivity contribution in [1.82, 2.24) is 4.90 Å². The van der Waals surface area contributed by atoms with Crippen LogP contribution < -0.4 is 14.2 Å². The highest BCUT2D eigenvalue weighted by atomic mass is 16.7. The molecule has 2 N–H and O–H groups in total. The number of hydrogen-bond donors (Lipinski definition) is 2. The number of rotatable bonds is 18. The van der Waals surface area contributed by atoms with E-state index < -0.39 is 29.4 Å². The zero-order chi connectivity index (χ0) is 42.3. The summed E-state index contributed by atoms with van der Waals surface area (Å²) >= 11 is 0. The molecule has 1 fully saturated rings. The van der Waals surface area contributed by atoms with Gasteiger partial charge in [0.25, 0.3) is 0 Å². The molecule has 1 saturated carbocycles. The molecule has 1 heterocycles. The topological polar surface area (TPSA) is 146 Å². The largest absolute Gasteiger partial charge is 0.496 e. The van der Waals surface area contributed by atoms with Gasteiger partial charge in [-0.25, -0.2) is 4.79 Å². The van der Waals surface area contributed by atoms with Crippen LogP contribution in [0.2, 0.25) is 0 Å². The van der Waals surface area contributed by atoms with Gasteiger partial charge >= 0.3 is 6.09 Å². The summed E-state index contributed by atoms with van der Waals surface area (Å²) in [7, 11) is 3.23. The maximum Gasteiger partial charge on any atom is 0.410 e. The van der Waals surface area contributed by atoms with E-state index in [2.05, 4.69) is 12.7 Å². The zero-order valence-corrected chi connectivity index (χ0v) is 35.6. The molecule has 5 rings (SSSR count). The Bertz CT molecular complexity index is 1810. The van der Waals surface area contributed by atoms with Crippen LogP contribution in [0.4, 0.5) is 4.79 Å². The molecule has 2 aliphatic carbocycles. The predicted molar refractivity (Wildman–Crippen MR) is 223 cm³/mol. The molecule has 2 aromatic carbocycles. The van der Waals surface area contributed by atoms with Gasteiger partial charge in [-0.1, -0.05) is 50.9 Å². The second-order valence-electron chi connectivity index (χ2n) is 17.8. The van der Waals surface area contributed by atoms with Crippen LogP contribution in [0.25, 0.3) is 0 Å². The number of aliphatic hydroxyl groups excluding tert-OH is 2. The second kappa shape index (κ2) is 19.1. The molecule has 0 saturated heterocycles. The Kier molecular flexibility index (Phi) is 14.7. The van der Waals surface area contributed by atoms with Gasteiger partial charge in [0.05, 0.1) is 37.5 Å². The predicted octanol–water partition coefficient (Wildman–Crippen LogP) is 8.85. The van der Waals surface area contributed by atoms with E-state index >= 15 is 0 Å². The molecular formula is C46H64N2O10. The van der Waals surface area contributed by atoms with E-state index in [1.807, 2.05) is 59.7 Å². The van der Waals surface area contributed by atoms with Gasteiger partial charge in [0.1, 0.15) is 34.6 Å². The second-order valence-corrected chi connectivity index (χ2v) is 17.8. The lowest BCUT2D eigenvalue weighted by molar-refractivity contribution is -0.254. The summed E-state index contributed by atoms with van der Waals surface area (Å²) in [4.78, 5) is 33.7. The number of nitrogens with zero attached hydrogens (tertiary/aromatic N) is 2. The Morgan fingerprint density at radius 1 is 1.02 bits per heavy atom. The van der Waals surface area contributed by atoms with E-state index in [4.69, 9.17) is 33.7 Å². The number of carbonyl (C=O) groups excluding carboxylic acids is 2. The molecular weight excluding hydrogens is 741 g/mol. The summed E-state index contributed by atoms with van der Waals surface area (Å²) in [5.74, 6) is 0.0329. The lowest BCUT2D eigenvalue weighted by Crippen LogP contribution is -2.69. The molecule has 3 aliphatic rings. The molecule has 0 aromatic heterocycles. The van der Waals surface area contributed by atoms with Crippen LogP contribution in [0.5, 0.6) is 23.0 Å². The fourth-order valence-electron chi connectivity index (χ4n) is 8.49. The number of ether oxygens (including phenoxy) is 5. The zero-order valence-electron chi connectivity index (χ0n) is 35.6. The van der Waals surface area contributed by atoms with Crippen LogP contribution in [0.15, 0.2) is 65.9 Å². The molecule has 12 nitrogen and oxygen atoms in total. The van der Waals surface area contributed by atoms with E-state index in [0.29, 0.717) is 47.1 Å². The first-order valence-corrected chi connectivity index (χ1v) is 20.6. The van der Waals surface area contributed by atoms with Crippen molar-refractivity contribution in [1.29, 1.82) is 0 Å². The van der Waals surface area contributed by atoms with E-state index in [9.17, 15) is 19.8 Å². The Hall–Kier alpha value is -4.39. The highest BCUT2D eigenvalue weighted by Gasteiger charge is 2.65. The standard InChI is InChI=1S/C46H64N2O10/c1-10-23-55-46-40(48(8)43(52)54-29-44(2,3)4)27-37(47-58-45(5,6)7)35-25-30(15-11-13-21-49)34(16-12-14-22-50)41(42(35)46)36-26-33(18-20-39(36)57-46)56-32-17-19-38(53-9)31(24-32)28-51/h10,17-20,24-26,28,30,34,40-42,49-50H,1,11-16,21-23,27,29H2,2-9H3. The molecule has 1 amide bonds. The Morgan fingerprint density at radius 3 is 2.34 bits per heavy atom. The van der Waals surface area contributed by atoms with Gasteiger partial charge in [0.15, 0.2) is 6.29 Å². The van der Waals surface area contributed by atoms with Gasteiger partial charge in [-0.05, 0) is 106 Å². The van der Waals surface area contributed by atoms with Crippen LogP contribution >= 0.6 is 0 Å². The summed E-state index contributed by atoms with van der Waals surface area (Å²) in [6.07, 6.45) is 9.00. The lowest BCUT2D eigenvalue weighted by Gasteiger charge is -2.59. The number of oxime groups is 1. The monoisotopic (exact) mass is 804 g/mol. The number of carbonyl (C=O) groups is 2. The van der Waals surface area contributed by atoms with E-state index in [1.165, 1.54) is 7.11 Å². The number of amides is 1. The van der Waals surface area contributed by atoms with Crippen LogP contribution in [-0.2, 0) is 14.3 Å². The minimum Gasteiger partial charge on any atom is -0.496 e. The van der Waals surface area contributed by atoms with Crippen LogP contribution in [-0.4, -0.2) is 91.2 Å². The number of aldehydes is 1. The molecule has 58 heavy (non-hydrogen) atoms. The lowest BCUT2D eigenvalue weighted by atomic mass is 9.55.